The molecule has 0 atom stereocenters. The second-order valence-electron chi connectivity index (χ2n) is 6.74. The monoisotopic (exact) mass is 405 g/mol. The summed E-state index contributed by atoms with van der Waals surface area (Å²) >= 11 is 5.88. The first-order chi connectivity index (χ1) is 13.9. The summed E-state index contributed by atoms with van der Waals surface area (Å²) in [7, 11) is 0. The van der Waals surface area contributed by atoms with Gasteiger partial charge in [-0.3, -0.25) is 9.59 Å². The van der Waals surface area contributed by atoms with E-state index in [1.807, 2.05) is 31.2 Å². The van der Waals surface area contributed by atoms with Gasteiger partial charge < -0.3 is 4.74 Å². The lowest BCUT2D eigenvalue weighted by Crippen LogP contribution is -2.29. The van der Waals surface area contributed by atoms with Crippen LogP contribution in [0.25, 0.3) is 0 Å². The summed E-state index contributed by atoms with van der Waals surface area (Å²) < 4.78 is 5.34. The van der Waals surface area contributed by atoms with Crippen molar-refractivity contribution in [3.63, 3.8) is 0 Å². The molecule has 0 aliphatic carbocycles. The molecule has 1 aliphatic heterocycles. The van der Waals surface area contributed by atoms with E-state index < -0.39 is 17.8 Å². The standard InChI is InChI=1S/C23H16ClNO4/c1-14-2-4-15(5-3-14)13-29-23(28)16-6-11-19-20(12-16)22(27)25(21(19)26)18-9-7-17(24)8-10-18/h2-12H,13H2,1H3. The zero-order valence-corrected chi connectivity index (χ0v) is 16.3. The maximum absolute atomic E-state index is 12.8. The van der Waals surface area contributed by atoms with Gasteiger partial charge in [0.1, 0.15) is 6.61 Å². The van der Waals surface area contributed by atoms with Crippen LogP contribution in [-0.4, -0.2) is 17.8 Å². The van der Waals surface area contributed by atoms with Crippen molar-refractivity contribution < 1.29 is 19.1 Å². The lowest BCUT2D eigenvalue weighted by Gasteiger charge is -2.13. The van der Waals surface area contributed by atoms with Crippen molar-refractivity contribution in [2.24, 2.45) is 0 Å². The molecule has 3 aromatic rings. The van der Waals surface area contributed by atoms with Crippen molar-refractivity contribution in [3.8, 4) is 0 Å². The zero-order valence-electron chi connectivity index (χ0n) is 15.5. The van der Waals surface area contributed by atoms with E-state index in [4.69, 9.17) is 16.3 Å². The minimum atomic E-state index is -0.557. The van der Waals surface area contributed by atoms with Gasteiger partial charge in [0.2, 0.25) is 0 Å². The molecule has 0 saturated carbocycles. The Morgan fingerprint density at radius 3 is 2.24 bits per heavy atom. The highest BCUT2D eigenvalue weighted by Gasteiger charge is 2.37. The number of carbonyl (C=O) groups is 3. The van der Waals surface area contributed by atoms with Gasteiger partial charge >= 0.3 is 5.97 Å². The molecule has 0 N–H and O–H groups in total. The summed E-state index contributed by atoms with van der Waals surface area (Å²) in [4.78, 5) is 39.0. The van der Waals surface area contributed by atoms with Crippen molar-refractivity contribution in [3.05, 3.63) is 99.6 Å². The molecule has 0 unspecified atom stereocenters. The lowest BCUT2D eigenvalue weighted by atomic mass is 10.1. The average Bonchev–Trinajstić information content (AvgIpc) is 2.98. The molecule has 0 aromatic heterocycles. The molecule has 29 heavy (non-hydrogen) atoms. The number of aryl methyl sites for hydroxylation is 1. The molecule has 144 valence electrons. The van der Waals surface area contributed by atoms with Gasteiger partial charge in [0, 0.05) is 5.02 Å². The van der Waals surface area contributed by atoms with Crippen LogP contribution in [-0.2, 0) is 11.3 Å². The molecule has 6 heteroatoms. The summed E-state index contributed by atoms with van der Waals surface area (Å²) in [6.07, 6.45) is 0. The highest BCUT2D eigenvalue weighted by molar-refractivity contribution is 6.35. The molecule has 3 aromatic carbocycles. The molecular weight excluding hydrogens is 390 g/mol. The fourth-order valence-electron chi connectivity index (χ4n) is 3.11. The topological polar surface area (TPSA) is 63.7 Å². The number of imide groups is 1. The fraction of sp³-hybridized carbons (Fsp3) is 0.0870. The molecule has 1 aliphatic rings. The number of benzene rings is 3. The Morgan fingerprint density at radius 2 is 1.55 bits per heavy atom. The first-order valence-electron chi connectivity index (χ1n) is 8.95. The highest BCUT2D eigenvalue weighted by Crippen LogP contribution is 2.30. The number of fused-ring (bicyclic) bond motifs is 1. The van der Waals surface area contributed by atoms with Crippen molar-refractivity contribution in [2.45, 2.75) is 13.5 Å². The first-order valence-corrected chi connectivity index (χ1v) is 9.33. The van der Waals surface area contributed by atoms with Gasteiger partial charge in [0.15, 0.2) is 0 Å². The number of hydrogen-bond donors (Lipinski definition) is 0. The molecule has 0 bridgehead atoms. The molecule has 0 radical (unpaired) electrons. The summed E-state index contributed by atoms with van der Waals surface area (Å²) in [6, 6.07) is 18.4. The molecule has 5 nitrogen and oxygen atoms in total. The Labute approximate surface area is 172 Å². The number of esters is 1. The Hall–Kier alpha value is -3.44. The van der Waals surface area contributed by atoms with Crippen LogP contribution < -0.4 is 4.90 Å². The van der Waals surface area contributed by atoms with Crippen LogP contribution in [0.15, 0.2) is 66.7 Å². The smallest absolute Gasteiger partial charge is 0.338 e. The van der Waals surface area contributed by atoms with Crippen LogP contribution >= 0.6 is 11.6 Å². The number of halogens is 1. The SMILES string of the molecule is Cc1ccc(COC(=O)c2ccc3c(c2)C(=O)N(c2ccc(Cl)cc2)C3=O)cc1. The molecule has 0 saturated heterocycles. The molecular formula is C23H16ClNO4. The number of hydrogen-bond acceptors (Lipinski definition) is 4. The zero-order chi connectivity index (χ0) is 20.5. The van der Waals surface area contributed by atoms with E-state index in [0.717, 1.165) is 16.0 Å². The van der Waals surface area contributed by atoms with Gasteiger partial charge in [0.25, 0.3) is 11.8 Å². The van der Waals surface area contributed by atoms with Gasteiger partial charge in [-0.15, -0.1) is 0 Å². The summed E-state index contributed by atoms with van der Waals surface area (Å²) in [6.45, 7) is 2.10. The van der Waals surface area contributed by atoms with E-state index >= 15 is 0 Å². The van der Waals surface area contributed by atoms with E-state index in [-0.39, 0.29) is 23.3 Å². The van der Waals surface area contributed by atoms with Crippen molar-refractivity contribution in [1.82, 2.24) is 0 Å². The Kier molecular flexibility index (Phi) is 4.91. The van der Waals surface area contributed by atoms with Gasteiger partial charge in [-0.1, -0.05) is 41.4 Å². The second-order valence-corrected chi connectivity index (χ2v) is 7.18. The average molecular weight is 406 g/mol. The number of carbonyl (C=O) groups excluding carboxylic acids is 3. The minimum absolute atomic E-state index is 0.125. The van der Waals surface area contributed by atoms with Gasteiger partial charge in [-0.25, -0.2) is 9.69 Å². The van der Waals surface area contributed by atoms with Crippen LogP contribution in [0.1, 0.15) is 42.2 Å². The van der Waals surface area contributed by atoms with Crippen LogP contribution in [0.2, 0.25) is 5.02 Å². The third-order valence-electron chi connectivity index (χ3n) is 4.70. The Balaban J connectivity index is 1.54. The van der Waals surface area contributed by atoms with Gasteiger partial charge in [-0.05, 0) is 55.0 Å². The number of amides is 2. The minimum Gasteiger partial charge on any atom is -0.457 e. The van der Waals surface area contributed by atoms with Crippen molar-refractivity contribution in [1.29, 1.82) is 0 Å². The number of rotatable bonds is 4. The third-order valence-corrected chi connectivity index (χ3v) is 4.95. The maximum atomic E-state index is 12.8. The van der Waals surface area contributed by atoms with Crippen LogP contribution in [0, 0.1) is 6.92 Å². The van der Waals surface area contributed by atoms with E-state index in [1.165, 1.54) is 18.2 Å². The largest absolute Gasteiger partial charge is 0.457 e. The van der Waals surface area contributed by atoms with E-state index in [1.54, 1.807) is 24.3 Å². The number of anilines is 1. The van der Waals surface area contributed by atoms with Crippen molar-refractivity contribution >= 4 is 35.1 Å². The Bertz CT molecular complexity index is 1120. The third kappa shape index (κ3) is 3.65. The van der Waals surface area contributed by atoms with Crippen LogP contribution in [0.3, 0.4) is 0 Å². The first kappa shape index (κ1) is 18.9. The van der Waals surface area contributed by atoms with Gasteiger partial charge in [-0.2, -0.15) is 0 Å². The van der Waals surface area contributed by atoms with Crippen LogP contribution in [0.4, 0.5) is 5.69 Å². The maximum Gasteiger partial charge on any atom is 0.338 e. The van der Waals surface area contributed by atoms with E-state index in [2.05, 4.69) is 0 Å². The summed E-state index contributed by atoms with van der Waals surface area (Å²) in [5, 5.41) is 0.504. The second kappa shape index (κ2) is 7.53. The number of nitrogens with zero attached hydrogens (tertiary/aromatic N) is 1. The quantitative estimate of drug-likeness (QED) is 0.461. The molecule has 0 spiro atoms. The summed E-state index contributed by atoms with van der Waals surface area (Å²) in [5.74, 6) is -1.48. The Morgan fingerprint density at radius 1 is 0.897 bits per heavy atom. The van der Waals surface area contributed by atoms with Crippen LogP contribution in [0.5, 0.6) is 0 Å². The van der Waals surface area contributed by atoms with Gasteiger partial charge in [0.05, 0.1) is 22.4 Å². The molecule has 4 rings (SSSR count). The summed E-state index contributed by atoms with van der Waals surface area (Å²) in [5.41, 5.74) is 3.05. The fourth-order valence-corrected chi connectivity index (χ4v) is 3.23. The van der Waals surface area contributed by atoms with E-state index in [9.17, 15) is 14.4 Å². The molecule has 1 heterocycles. The van der Waals surface area contributed by atoms with E-state index in [0.29, 0.717) is 10.7 Å². The van der Waals surface area contributed by atoms with Crippen molar-refractivity contribution in [2.75, 3.05) is 4.90 Å². The molecule has 2 amide bonds. The lowest BCUT2D eigenvalue weighted by molar-refractivity contribution is 0.0472. The predicted octanol–water partition coefficient (Wildman–Crippen LogP) is 4.81. The normalized spacial score (nSPS) is 12.8. The predicted molar refractivity (Wildman–Crippen MR) is 109 cm³/mol. The highest BCUT2D eigenvalue weighted by atomic mass is 35.5. The number of ether oxygens (including phenoxy) is 1. The molecule has 0 fully saturated rings.